The van der Waals surface area contributed by atoms with Gasteiger partial charge in [-0.05, 0) is 52.0 Å². The van der Waals surface area contributed by atoms with Crippen molar-refractivity contribution >= 4 is 11.4 Å². The van der Waals surface area contributed by atoms with Crippen molar-refractivity contribution in [3.05, 3.63) is 46.4 Å². The Labute approximate surface area is 141 Å². The van der Waals surface area contributed by atoms with Crippen molar-refractivity contribution in [2.45, 2.75) is 39.9 Å². The molecule has 6 heteroatoms. The number of benzene rings is 2. The molecule has 0 aliphatic carbocycles. The van der Waals surface area contributed by atoms with E-state index in [1.54, 1.807) is 36.4 Å². The molecule has 0 radical (unpaired) electrons. The van der Waals surface area contributed by atoms with Crippen molar-refractivity contribution in [1.82, 2.24) is 0 Å². The van der Waals surface area contributed by atoms with Crippen LogP contribution in [0.5, 0.6) is 11.5 Å². The molecule has 0 aliphatic heterocycles. The quantitative estimate of drug-likeness (QED) is 0.642. The summed E-state index contributed by atoms with van der Waals surface area (Å²) in [6.07, 6.45) is -0.142. The lowest BCUT2D eigenvalue weighted by Crippen LogP contribution is -2.06. The first-order valence-electron chi connectivity index (χ1n) is 7.77. The van der Waals surface area contributed by atoms with E-state index in [0.717, 1.165) is 0 Å². The SMILES string of the molecule is CC(C)Oc1cccc(-c2cccc(OC(C)C)c2[N+]#N)c1[N+]#N. The Bertz CT molecular complexity index is 747. The lowest BCUT2D eigenvalue weighted by atomic mass is 10.0. The van der Waals surface area contributed by atoms with Gasteiger partial charge in [0, 0.05) is 0 Å². The Balaban J connectivity index is 2.65. The van der Waals surface area contributed by atoms with E-state index in [2.05, 4.69) is 9.95 Å². The summed E-state index contributed by atoms with van der Waals surface area (Å²) in [5, 5.41) is 18.9. The van der Waals surface area contributed by atoms with E-state index in [-0.39, 0.29) is 23.6 Å². The zero-order valence-electron chi connectivity index (χ0n) is 14.2. The van der Waals surface area contributed by atoms with Gasteiger partial charge in [-0.3, -0.25) is 0 Å². The predicted molar refractivity (Wildman–Crippen MR) is 92.9 cm³/mol. The Morgan fingerprint density at radius 2 is 1.08 bits per heavy atom. The summed E-state index contributed by atoms with van der Waals surface area (Å²) in [4.78, 5) is 6.75. The summed E-state index contributed by atoms with van der Waals surface area (Å²) in [6.45, 7) is 7.55. The molecule has 0 atom stereocenters. The maximum absolute atomic E-state index is 9.47. The number of hydrogen-bond acceptors (Lipinski definition) is 4. The minimum atomic E-state index is -0.0710. The maximum Gasteiger partial charge on any atom is 0.434 e. The fraction of sp³-hybridized carbons (Fsp3) is 0.333. The van der Waals surface area contributed by atoms with Crippen molar-refractivity contribution < 1.29 is 9.47 Å². The summed E-state index contributed by atoms with van der Waals surface area (Å²) in [7, 11) is 0. The summed E-state index contributed by atoms with van der Waals surface area (Å²) in [5.41, 5.74) is 1.71. The molecule has 0 N–H and O–H groups in total. The van der Waals surface area contributed by atoms with Gasteiger partial charge < -0.3 is 9.47 Å². The third-order valence-corrected chi connectivity index (χ3v) is 3.21. The first-order valence-corrected chi connectivity index (χ1v) is 7.77. The largest absolute Gasteiger partial charge is 0.483 e. The normalized spacial score (nSPS) is 10.3. The van der Waals surface area contributed by atoms with Crippen LogP contribution in [0.4, 0.5) is 11.4 Å². The van der Waals surface area contributed by atoms with Crippen LogP contribution in [0.1, 0.15) is 27.7 Å². The zero-order valence-corrected chi connectivity index (χ0v) is 14.2. The predicted octanol–water partition coefficient (Wildman–Crippen LogP) is 5.90. The number of rotatable bonds is 5. The van der Waals surface area contributed by atoms with Crippen LogP contribution in [-0.2, 0) is 0 Å². The van der Waals surface area contributed by atoms with Crippen LogP contribution in [-0.4, -0.2) is 12.2 Å². The number of diazo groups is 2. The van der Waals surface area contributed by atoms with Gasteiger partial charge >= 0.3 is 11.4 Å². The molecule has 0 fully saturated rings. The van der Waals surface area contributed by atoms with E-state index in [1.165, 1.54) is 0 Å². The molecule has 0 aliphatic rings. The molecule has 0 amide bonds. The average Bonchev–Trinajstić information content (AvgIpc) is 2.53. The van der Waals surface area contributed by atoms with Gasteiger partial charge in [0.1, 0.15) is 0 Å². The fourth-order valence-corrected chi connectivity index (χ4v) is 2.38. The first kappa shape index (κ1) is 17.2. The van der Waals surface area contributed by atoms with Gasteiger partial charge in [-0.1, -0.05) is 12.1 Å². The molecule has 2 aromatic rings. The highest BCUT2D eigenvalue weighted by atomic mass is 16.5. The van der Waals surface area contributed by atoms with Crippen LogP contribution >= 0.6 is 0 Å². The van der Waals surface area contributed by atoms with E-state index >= 15 is 0 Å². The lowest BCUT2D eigenvalue weighted by Gasteiger charge is -2.10. The zero-order chi connectivity index (χ0) is 17.7. The van der Waals surface area contributed by atoms with Gasteiger partial charge in [-0.2, -0.15) is 0 Å². The van der Waals surface area contributed by atoms with Crippen LogP contribution < -0.4 is 9.47 Å². The molecular formula is C18H20N4O2+2. The second-order valence-electron chi connectivity index (χ2n) is 5.84. The molecule has 6 nitrogen and oxygen atoms in total. The molecule has 0 bridgehead atoms. The Morgan fingerprint density at radius 1 is 0.708 bits per heavy atom. The van der Waals surface area contributed by atoms with Crippen molar-refractivity contribution in [2.24, 2.45) is 0 Å². The van der Waals surface area contributed by atoms with Crippen LogP contribution in [0.25, 0.3) is 21.1 Å². The highest BCUT2D eigenvalue weighted by Gasteiger charge is 2.31. The number of hydrogen-bond donors (Lipinski definition) is 0. The van der Waals surface area contributed by atoms with Crippen molar-refractivity contribution in [3.8, 4) is 22.6 Å². The van der Waals surface area contributed by atoms with Gasteiger partial charge in [-0.25, -0.2) is 0 Å². The monoisotopic (exact) mass is 324 g/mol. The van der Waals surface area contributed by atoms with Crippen molar-refractivity contribution in [1.29, 1.82) is 10.8 Å². The summed E-state index contributed by atoms with van der Waals surface area (Å²) in [6, 6.07) is 10.6. The molecule has 24 heavy (non-hydrogen) atoms. The molecule has 2 aromatic carbocycles. The number of nitrogens with zero attached hydrogens (tertiary/aromatic N) is 4. The standard InChI is InChI=1S/C18H20N4O2/c1-11(2)23-15-9-5-7-13(17(15)21-19)14-8-6-10-16(18(14)22-20)24-12(3)4/h5-12H,1-4H3/q+2. The van der Waals surface area contributed by atoms with Crippen LogP contribution in [0, 0.1) is 10.8 Å². The molecule has 0 aromatic heterocycles. The molecule has 0 heterocycles. The topological polar surface area (TPSA) is 74.8 Å². The summed E-state index contributed by atoms with van der Waals surface area (Å²) >= 11 is 0. The Kier molecular flexibility index (Phi) is 5.34. The van der Waals surface area contributed by atoms with Gasteiger partial charge in [0.15, 0.2) is 9.95 Å². The smallest absolute Gasteiger partial charge is 0.434 e. The minimum absolute atomic E-state index is 0.0710. The van der Waals surface area contributed by atoms with E-state index < -0.39 is 0 Å². The molecule has 0 unspecified atom stereocenters. The van der Waals surface area contributed by atoms with E-state index in [9.17, 15) is 10.8 Å². The van der Waals surface area contributed by atoms with Gasteiger partial charge in [0.25, 0.3) is 0 Å². The van der Waals surface area contributed by atoms with E-state index in [0.29, 0.717) is 22.6 Å². The molecular weight excluding hydrogens is 304 g/mol. The van der Waals surface area contributed by atoms with Crippen LogP contribution in [0.15, 0.2) is 36.4 Å². The molecule has 0 spiro atoms. The molecule has 122 valence electrons. The van der Waals surface area contributed by atoms with Crippen molar-refractivity contribution in [2.75, 3.05) is 0 Å². The van der Waals surface area contributed by atoms with Gasteiger partial charge in [-0.15, -0.1) is 0 Å². The second-order valence-corrected chi connectivity index (χ2v) is 5.84. The van der Waals surface area contributed by atoms with E-state index in [1.807, 2.05) is 27.7 Å². The highest BCUT2D eigenvalue weighted by Crippen LogP contribution is 2.45. The average molecular weight is 324 g/mol. The van der Waals surface area contributed by atoms with Crippen molar-refractivity contribution in [3.63, 3.8) is 0 Å². The highest BCUT2D eigenvalue weighted by molar-refractivity contribution is 5.91. The fourth-order valence-electron chi connectivity index (χ4n) is 2.38. The summed E-state index contributed by atoms with van der Waals surface area (Å²) < 4.78 is 11.4. The first-order chi connectivity index (χ1) is 11.5. The molecule has 0 saturated heterocycles. The Hall–Kier alpha value is -3.12. The molecule has 0 saturated carbocycles. The number of ether oxygens (including phenoxy) is 2. The van der Waals surface area contributed by atoms with E-state index in [4.69, 9.17) is 9.47 Å². The Morgan fingerprint density at radius 3 is 1.38 bits per heavy atom. The van der Waals surface area contributed by atoms with Crippen LogP contribution in [0.2, 0.25) is 0 Å². The molecule has 2 rings (SSSR count). The van der Waals surface area contributed by atoms with Gasteiger partial charge in [0.2, 0.25) is 22.3 Å². The maximum atomic E-state index is 9.47. The third kappa shape index (κ3) is 3.61. The van der Waals surface area contributed by atoms with Crippen LogP contribution in [0.3, 0.4) is 0 Å². The second kappa shape index (κ2) is 7.43. The minimum Gasteiger partial charge on any atom is -0.483 e. The lowest BCUT2D eigenvalue weighted by molar-refractivity contribution is 0.243. The summed E-state index contributed by atoms with van der Waals surface area (Å²) in [5.74, 6) is 0.896. The van der Waals surface area contributed by atoms with Gasteiger partial charge in [0.05, 0.1) is 23.3 Å². The third-order valence-electron chi connectivity index (χ3n) is 3.21.